The van der Waals surface area contributed by atoms with E-state index in [2.05, 4.69) is 5.32 Å². The number of rotatable bonds is 9. The lowest BCUT2D eigenvalue weighted by Crippen LogP contribution is -2.47. The quantitative estimate of drug-likeness (QED) is 0.680. The molecule has 1 aliphatic rings. The Morgan fingerprint density at radius 3 is 2.32 bits per heavy atom. The van der Waals surface area contributed by atoms with Crippen molar-refractivity contribution in [3.8, 4) is 0 Å². The smallest absolute Gasteiger partial charge is 0.390 e. The van der Waals surface area contributed by atoms with Crippen molar-refractivity contribution in [2.24, 2.45) is 0 Å². The molecule has 6 heteroatoms. The van der Waals surface area contributed by atoms with Crippen molar-refractivity contribution in [2.75, 3.05) is 26.7 Å². The molecule has 1 unspecified atom stereocenters. The molecule has 0 amide bonds. The van der Waals surface area contributed by atoms with Gasteiger partial charge >= 0.3 is 6.18 Å². The van der Waals surface area contributed by atoms with Crippen LogP contribution in [0.1, 0.15) is 39.0 Å². The highest BCUT2D eigenvalue weighted by atomic mass is 19.4. The lowest BCUT2D eigenvalue weighted by atomic mass is 9.96. The first-order valence-electron chi connectivity index (χ1n) is 6.88. The summed E-state index contributed by atoms with van der Waals surface area (Å²) in [7, 11) is 1.70. The molecule has 1 fully saturated rings. The highest BCUT2D eigenvalue weighted by molar-refractivity contribution is 4.92. The fourth-order valence-electron chi connectivity index (χ4n) is 2.09. The van der Waals surface area contributed by atoms with Crippen LogP contribution in [0.25, 0.3) is 0 Å². The summed E-state index contributed by atoms with van der Waals surface area (Å²) >= 11 is 0. The molecule has 1 aliphatic carbocycles. The summed E-state index contributed by atoms with van der Waals surface area (Å²) in [5.74, 6) is 0. The largest absolute Gasteiger partial charge is 0.394 e. The number of hydrogen-bond donors (Lipinski definition) is 2. The average Bonchev–Trinajstić information content (AvgIpc) is 3.09. The maximum Gasteiger partial charge on any atom is 0.390 e. The minimum absolute atomic E-state index is 0.0371. The van der Waals surface area contributed by atoms with E-state index in [4.69, 9.17) is 0 Å². The second kappa shape index (κ2) is 6.90. The van der Waals surface area contributed by atoms with E-state index >= 15 is 0 Å². The van der Waals surface area contributed by atoms with Crippen LogP contribution in [0.15, 0.2) is 0 Å². The minimum atomic E-state index is -4.08. The number of nitrogens with one attached hydrogen (secondary N) is 1. The van der Waals surface area contributed by atoms with Gasteiger partial charge in [0.2, 0.25) is 0 Å². The summed E-state index contributed by atoms with van der Waals surface area (Å²) in [6.07, 6.45) is -0.980. The molecule has 0 bridgehead atoms. The molecule has 0 aliphatic heterocycles. The van der Waals surface area contributed by atoms with Crippen LogP contribution in [-0.4, -0.2) is 54.5 Å². The van der Waals surface area contributed by atoms with Gasteiger partial charge in [0, 0.05) is 18.1 Å². The fraction of sp³-hybridized carbons (Fsp3) is 1.00. The maximum atomic E-state index is 12.1. The predicted octanol–water partition coefficient (Wildman–Crippen LogP) is 2.15. The van der Waals surface area contributed by atoms with E-state index in [1.54, 1.807) is 11.9 Å². The minimum Gasteiger partial charge on any atom is -0.394 e. The van der Waals surface area contributed by atoms with Crippen LogP contribution >= 0.6 is 0 Å². The number of halogens is 3. The van der Waals surface area contributed by atoms with Gasteiger partial charge in [-0.1, -0.05) is 0 Å². The maximum absolute atomic E-state index is 12.1. The summed E-state index contributed by atoms with van der Waals surface area (Å²) in [6.45, 7) is 2.70. The normalized spacial score (nSPS) is 19.7. The van der Waals surface area contributed by atoms with Gasteiger partial charge in [0.05, 0.1) is 13.0 Å². The summed E-state index contributed by atoms with van der Waals surface area (Å²) < 4.78 is 36.2. The molecule has 0 saturated heterocycles. The lowest BCUT2D eigenvalue weighted by Gasteiger charge is -2.30. The van der Waals surface area contributed by atoms with Crippen LogP contribution in [0.4, 0.5) is 13.2 Å². The average molecular weight is 282 g/mol. The van der Waals surface area contributed by atoms with Crippen molar-refractivity contribution >= 4 is 0 Å². The molecule has 1 atom stereocenters. The molecule has 3 nitrogen and oxygen atoms in total. The molecule has 2 N–H and O–H groups in total. The molecule has 1 saturated carbocycles. The van der Waals surface area contributed by atoms with Crippen molar-refractivity contribution in [3.05, 3.63) is 0 Å². The van der Waals surface area contributed by atoms with Crippen LogP contribution in [-0.2, 0) is 0 Å². The van der Waals surface area contributed by atoms with Crippen molar-refractivity contribution in [1.82, 2.24) is 10.2 Å². The Morgan fingerprint density at radius 2 is 1.84 bits per heavy atom. The van der Waals surface area contributed by atoms with E-state index in [1.807, 2.05) is 6.92 Å². The zero-order valence-electron chi connectivity index (χ0n) is 11.8. The van der Waals surface area contributed by atoms with Gasteiger partial charge in [-0.25, -0.2) is 0 Å². The van der Waals surface area contributed by atoms with Gasteiger partial charge in [0.15, 0.2) is 0 Å². The molecule has 19 heavy (non-hydrogen) atoms. The number of alkyl halides is 3. The third-order valence-electron chi connectivity index (χ3n) is 3.52. The number of aliphatic hydroxyl groups is 1. The van der Waals surface area contributed by atoms with Crippen LogP contribution in [0.2, 0.25) is 0 Å². The predicted molar refractivity (Wildman–Crippen MR) is 69.1 cm³/mol. The van der Waals surface area contributed by atoms with Gasteiger partial charge in [-0.3, -0.25) is 0 Å². The van der Waals surface area contributed by atoms with E-state index < -0.39 is 12.6 Å². The van der Waals surface area contributed by atoms with Gasteiger partial charge in [0.1, 0.15) is 0 Å². The second-order valence-electron chi connectivity index (χ2n) is 5.91. The van der Waals surface area contributed by atoms with Crippen molar-refractivity contribution in [2.45, 2.75) is 56.8 Å². The summed E-state index contributed by atoms with van der Waals surface area (Å²) in [6, 6.07) is 0.514. The summed E-state index contributed by atoms with van der Waals surface area (Å²) in [5, 5.41) is 12.8. The molecule has 0 aromatic rings. The van der Waals surface area contributed by atoms with Crippen LogP contribution < -0.4 is 5.32 Å². The third-order valence-corrected chi connectivity index (χ3v) is 3.52. The molecular formula is C13H25F3N2O. The van der Waals surface area contributed by atoms with E-state index in [-0.39, 0.29) is 18.7 Å². The summed E-state index contributed by atoms with van der Waals surface area (Å²) in [5.41, 5.74) is -0.300. The van der Waals surface area contributed by atoms with E-state index in [0.717, 1.165) is 25.7 Å². The molecule has 0 aromatic carbocycles. The van der Waals surface area contributed by atoms with Crippen LogP contribution in [0, 0.1) is 0 Å². The Bertz CT molecular complexity index is 269. The molecule has 0 radical (unpaired) electrons. The lowest BCUT2D eigenvalue weighted by molar-refractivity contribution is -0.137. The Labute approximate surface area is 113 Å². The van der Waals surface area contributed by atoms with Gasteiger partial charge in [-0.05, 0) is 46.2 Å². The summed E-state index contributed by atoms with van der Waals surface area (Å²) in [4.78, 5) is 1.70. The van der Waals surface area contributed by atoms with Crippen molar-refractivity contribution < 1.29 is 18.3 Å². The third kappa shape index (κ3) is 7.74. The Kier molecular flexibility index (Phi) is 6.08. The molecule has 1 rings (SSSR count). The Balaban J connectivity index is 2.16. The SMILES string of the molecule is CN(CCCC(C)(CO)NC1CC1)CCC(F)(F)F. The van der Waals surface area contributed by atoms with Gasteiger partial charge in [0.25, 0.3) is 0 Å². The highest BCUT2D eigenvalue weighted by Crippen LogP contribution is 2.24. The molecule has 0 aromatic heterocycles. The van der Waals surface area contributed by atoms with Crippen molar-refractivity contribution in [3.63, 3.8) is 0 Å². The van der Waals surface area contributed by atoms with E-state index in [1.165, 1.54) is 0 Å². The molecular weight excluding hydrogens is 257 g/mol. The van der Waals surface area contributed by atoms with Gasteiger partial charge in [-0.15, -0.1) is 0 Å². The van der Waals surface area contributed by atoms with E-state index in [0.29, 0.717) is 12.6 Å². The molecule has 114 valence electrons. The zero-order chi connectivity index (χ0) is 14.5. The Hall–Kier alpha value is -0.330. The van der Waals surface area contributed by atoms with Gasteiger partial charge in [-0.2, -0.15) is 13.2 Å². The van der Waals surface area contributed by atoms with Crippen LogP contribution in [0.5, 0.6) is 0 Å². The monoisotopic (exact) mass is 282 g/mol. The number of nitrogens with zero attached hydrogens (tertiary/aromatic N) is 1. The molecule has 0 heterocycles. The highest BCUT2D eigenvalue weighted by Gasteiger charge is 2.31. The Morgan fingerprint density at radius 1 is 1.21 bits per heavy atom. The van der Waals surface area contributed by atoms with Gasteiger partial charge < -0.3 is 15.3 Å². The second-order valence-corrected chi connectivity index (χ2v) is 5.91. The number of aliphatic hydroxyl groups excluding tert-OH is 1. The van der Waals surface area contributed by atoms with E-state index in [9.17, 15) is 18.3 Å². The standard InChI is InChI=1S/C13H25F3N2O/c1-12(10-19,17-11-4-5-11)6-3-8-18(2)9-7-13(14,15)16/h11,17,19H,3-10H2,1-2H3. The fourth-order valence-corrected chi connectivity index (χ4v) is 2.09. The first kappa shape index (κ1) is 16.7. The topological polar surface area (TPSA) is 35.5 Å². The zero-order valence-corrected chi connectivity index (χ0v) is 11.8. The molecule has 0 spiro atoms. The van der Waals surface area contributed by atoms with Crippen LogP contribution in [0.3, 0.4) is 0 Å². The first-order valence-corrected chi connectivity index (χ1v) is 6.88. The van der Waals surface area contributed by atoms with Crippen molar-refractivity contribution in [1.29, 1.82) is 0 Å². The number of hydrogen-bond acceptors (Lipinski definition) is 3. The first-order chi connectivity index (χ1) is 8.74.